The summed E-state index contributed by atoms with van der Waals surface area (Å²) in [5.74, 6) is 0.540. The summed E-state index contributed by atoms with van der Waals surface area (Å²) in [6.45, 7) is 3.80. The average molecular weight is 375 g/mol. The van der Waals surface area contributed by atoms with Gasteiger partial charge in [-0.15, -0.1) is 11.3 Å². The van der Waals surface area contributed by atoms with Crippen molar-refractivity contribution in [3.8, 4) is 17.6 Å². The minimum atomic E-state index is -0.416. The van der Waals surface area contributed by atoms with Crippen LogP contribution in [-0.2, 0) is 0 Å². The molecule has 0 bridgehead atoms. The summed E-state index contributed by atoms with van der Waals surface area (Å²) in [5, 5.41) is 15.5. The topological polar surface area (TPSA) is 83.4 Å². The van der Waals surface area contributed by atoms with Gasteiger partial charge in [0.2, 0.25) is 0 Å². The number of nitrogens with zero attached hydrogens (tertiary/aromatic N) is 1. The number of nitriles is 1. The molecule has 1 heterocycles. The van der Waals surface area contributed by atoms with E-state index in [1.165, 1.54) is 25.6 Å². The number of carbonyl (C=O) groups excluding carboxylic acids is 1. The summed E-state index contributed by atoms with van der Waals surface area (Å²) >= 11 is 6.60. The third kappa shape index (κ3) is 4.07. The van der Waals surface area contributed by atoms with E-state index in [1.54, 1.807) is 18.2 Å². The molecule has 0 saturated heterocycles. The smallest absolute Gasteiger partial charge is 0.261 e. The van der Waals surface area contributed by atoms with Gasteiger partial charge in [0, 0.05) is 10.9 Å². The average Bonchev–Trinajstić information content (AvgIpc) is 2.87. The summed E-state index contributed by atoms with van der Waals surface area (Å²) in [7, 11) is 3.00. The zero-order chi connectivity index (χ0) is 18.6. The monoisotopic (exact) mass is 375 g/mol. The second-order valence-corrected chi connectivity index (χ2v) is 6.71. The Morgan fingerprint density at radius 1 is 1.28 bits per heavy atom. The van der Waals surface area contributed by atoms with Crippen LogP contribution in [0.2, 0.25) is 0 Å². The van der Waals surface area contributed by atoms with E-state index in [0.29, 0.717) is 27.6 Å². The first-order valence-corrected chi connectivity index (χ1v) is 8.48. The third-order valence-corrected chi connectivity index (χ3v) is 4.93. The molecule has 0 aliphatic rings. The Hall–Kier alpha value is -2.63. The van der Waals surface area contributed by atoms with E-state index < -0.39 is 5.91 Å². The summed E-state index contributed by atoms with van der Waals surface area (Å²) in [6.07, 6.45) is 0. The number of thiophene rings is 1. The maximum atomic E-state index is 12.4. The number of methoxy groups -OCH3 is 2. The minimum Gasteiger partial charge on any atom is -0.497 e. The van der Waals surface area contributed by atoms with E-state index in [2.05, 4.69) is 16.7 Å². The first-order chi connectivity index (χ1) is 11.9. The number of rotatable bonds is 4. The molecule has 0 radical (unpaired) electrons. The van der Waals surface area contributed by atoms with Crippen molar-refractivity contribution in [2.24, 2.45) is 0 Å². The van der Waals surface area contributed by atoms with Gasteiger partial charge >= 0.3 is 0 Å². The molecule has 0 aliphatic heterocycles. The molecule has 1 aromatic carbocycles. The second-order valence-electron chi connectivity index (χ2n) is 5.07. The predicted octanol–water partition coefficient (Wildman–Crippen LogP) is 3.38. The van der Waals surface area contributed by atoms with E-state index in [9.17, 15) is 10.1 Å². The number of hydrogen-bond acceptors (Lipinski definition) is 6. The highest BCUT2D eigenvalue weighted by molar-refractivity contribution is 7.80. The highest BCUT2D eigenvalue weighted by atomic mass is 32.1. The fourth-order valence-electron chi connectivity index (χ4n) is 2.14. The number of carbonyl (C=O) groups is 1. The fourth-order valence-corrected chi connectivity index (χ4v) is 3.42. The van der Waals surface area contributed by atoms with E-state index >= 15 is 0 Å². The molecule has 0 spiro atoms. The summed E-state index contributed by atoms with van der Waals surface area (Å²) in [4.78, 5) is 13.4. The number of nitrogens with one attached hydrogen (secondary N) is 2. The van der Waals surface area contributed by atoms with Crippen molar-refractivity contribution < 1.29 is 14.3 Å². The summed E-state index contributed by atoms with van der Waals surface area (Å²) < 4.78 is 10.3. The Morgan fingerprint density at radius 2 is 2.00 bits per heavy atom. The van der Waals surface area contributed by atoms with Crippen molar-refractivity contribution in [3.63, 3.8) is 0 Å². The van der Waals surface area contributed by atoms with E-state index in [0.717, 1.165) is 10.4 Å². The Balaban J connectivity index is 2.15. The van der Waals surface area contributed by atoms with Gasteiger partial charge in [-0.25, -0.2) is 0 Å². The summed E-state index contributed by atoms with van der Waals surface area (Å²) in [5.41, 5.74) is 1.76. The number of thiocarbonyl (C=S) groups is 1. The van der Waals surface area contributed by atoms with Crippen molar-refractivity contribution in [3.05, 3.63) is 39.8 Å². The van der Waals surface area contributed by atoms with Crippen molar-refractivity contribution in [1.29, 1.82) is 5.26 Å². The molecule has 130 valence electrons. The van der Waals surface area contributed by atoms with Gasteiger partial charge in [0.15, 0.2) is 5.11 Å². The Kier molecular flexibility index (Phi) is 5.96. The van der Waals surface area contributed by atoms with Gasteiger partial charge in [0.05, 0.1) is 25.3 Å². The number of amides is 1. The largest absolute Gasteiger partial charge is 0.497 e. The molecule has 0 unspecified atom stereocenters. The van der Waals surface area contributed by atoms with E-state index in [-0.39, 0.29) is 5.11 Å². The Bertz CT molecular complexity index is 869. The molecule has 8 heteroatoms. The van der Waals surface area contributed by atoms with Crippen LogP contribution in [0.15, 0.2) is 18.2 Å². The number of anilines is 1. The van der Waals surface area contributed by atoms with E-state index in [1.807, 2.05) is 13.8 Å². The van der Waals surface area contributed by atoms with Crippen LogP contribution in [0, 0.1) is 25.2 Å². The molecule has 2 aromatic rings. The minimum absolute atomic E-state index is 0.112. The quantitative estimate of drug-likeness (QED) is 0.797. The molecule has 6 nitrogen and oxygen atoms in total. The molecule has 1 aromatic heterocycles. The molecule has 2 rings (SSSR count). The first kappa shape index (κ1) is 18.7. The first-order valence-electron chi connectivity index (χ1n) is 7.25. The van der Waals surface area contributed by atoms with Crippen LogP contribution in [0.3, 0.4) is 0 Å². The van der Waals surface area contributed by atoms with Crippen LogP contribution >= 0.6 is 23.6 Å². The molecular weight excluding hydrogens is 358 g/mol. The lowest BCUT2D eigenvalue weighted by molar-refractivity contribution is 0.0974. The predicted molar refractivity (Wildman–Crippen MR) is 102 cm³/mol. The van der Waals surface area contributed by atoms with Gasteiger partial charge in [0.25, 0.3) is 5.91 Å². The van der Waals surface area contributed by atoms with E-state index in [4.69, 9.17) is 21.7 Å². The molecular formula is C17H17N3O3S2. The van der Waals surface area contributed by atoms with Gasteiger partial charge in [0.1, 0.15) is 22.6 Å². The second kappa shape index (κ2) is 7.96. The zero-order valence-corrected chi connectivity index (χ0v) is 15.9. The highest BCUT2D eigenvalue weighted by Gasteiger charge is 2.17. The van der Waals surface area contributed by atoms with Gasteiger partial charge in [-0.05, 0) is 43.8 Å². The van der Waals surface area contributed by atoms with Gasteiger partial charge in [-0.2, -0.15) is 5.26 Å². The zero-order valence-electron chi connectivity index (χ0n) is 14.2. The maximum absolute atomic E-state index is 12.4. The highest BCUT2D eigenvalue weighted by Crippen LogP contribution is 2.31. The molecule has 0 atom stereocenters. The number of hydrogen-bond donors (Lipinski definition) is 2. The van der Waals surface area contributed by atoms with Crippen LogP contribution in [0.1, 0.15) is 26.4 Å². The van der Waals surface area contributed by atoms with Crippen LogP contribution in [0.4, 0.5) is 5.00 Å². The lowest BCUT2D eigenvalue weighted by Crippen LogP contribution is -2.34. The molecule has 1 amide bonds. The van der Waals surface area contributed by atoms with Gasteiger partial charge < -0.3 is 14.8 Å². The molecule has 2 N–H and O–H groups in total. The van der Waals surface area contributed by atoms with Crippen molar-refractivity contribution >= 4 is 39.6 Å². The molecule has 0 saturated carbocycles. The lowest BCUT2D eigenvalue weighted by atomic mass is 10.2. The van der Waals surface area contributed by atoms with Crippen LogP contribution in [0.25, 0.3) is 0 Å². The lowest BCUT2D eigenvalue weighted by Gasteiger charge is -2.12. The van der Waals surface area contributed by atoms with Crippen molar-refractivity contribution in [2.75, 3.05) is 19.5 Å². The van der Waals surface area contributed by atoms with Crippen molar-refractivity contribution in [2.45, 2.75) is 13.8 Å². The Morgan fingerprint density at radius 3 is 2.60 bits per heavy atom. The Labute approximate surface area is 155 Å². The van der Waals surface area contributed by atoms with Crippen LogP contribution < -0.4 is 20.1 Å². The molecule has 25 heavy (non-hydrogen) atoms. The summed E-state index contributed by atoms with van der Waals surface area (Å²) in [6, 6.07) is 7.02. The van der Waals surface area contributed by atoms with Crippen molar-refractivity contribution in [1.82, 2.24) is 5.32 Å². The SMILES string of the molecule is COc1ccc(C(=O)NC(=S)Nc2sc(C)c(C)c2C#N)c(OC)c1. The normalized spacial score (nSPS) is 9.88. The van der Waals surface area contributed by atoms with Gasteiger partial charge in [-0.1, -0.05) is 0 Å². The molecule has 0 fully saturated rings. The fraction of sp³-hybridized carbons (Fsp3) is 0.235. The number of aryl methyl sites for hydroxylation is 1. The van der Waals surface area contributed by atoms with Crippen LogP contribution in [0.5, 0.6) is 11.5 Å². The third-order valence-electron chi connectivity index (χ3n) is 3.60. The standard InChI is InChI=1S/C17H17N3O3S2/c1-9-10(2)25-16(13(9)8-18)20-17(24)19-15(21)12-6-5-11(22-3)7-14(12)23-4/h5-7H,1-4H3,(H2,19,20,21,24). The van der Waals surface area contributed by atoms with Crippen LogP contribution in [-0.4, -0.2) is 25.2 Å². The van der Waals surface area contributed by atoms with Gasteiger partial charge in [-0.3, -0.25) is 10.1 Å². The number of benzene rings is 1. The number of ether oxygens (including phenoxy) is 2. The maximum Gasteiger partial charge on any atom is 0.261 e. The molecule has 0 aliphatic carbocycles.